The number of anilines is 1. The molecule has 1 aliphatic heterocycles. The van der Waals surface area contributed by atoms with Gasteiger partial charge in [-0.2, -0.15) is 4.31 Å². The van der Waals surface area contributed by atoms with Gasteiger partial charge in [0.2, 0.25) is 15.9 Å². The first-order valence-electron chi connectivity index (χ1n) is 8.81. The second-order valence-electron chi connectivity index (χ2n) is 6.59. The van der Waals surface area contributed by atoms with E-state index in [-0.39, 0.29) is 38.6 Å². The maximum absolute atomic E-state index is 13.9. The van der Waals surface area contributed by atoms with Crippen LogP contribution < -0.4 is 5.32 Å². The number of carbonyl (C=O) groups excluding carboxylic acids is 1. The van der Waals surface area contributed by atoms with Crippen LogP contribution in [0, 0.1) is 18.6 Å². The molecule has 9 heteroatoms. The van der Waals surface area contributed by atoms with Gasteiger partial charge in [0, 0.05) is 31.9 Å². The van der Waals surface area contributed by atoms with Crippen LogP contribution in [0.25, 0.3) is 0 Å². The molecule has 0 aliphatic carbocycles. The Kier molecular flexibility index (Phi) is 6.07. The number of halogens is 2. The molecule has 1 aliphatic rings. The summed E-state index contributed by atoms with van der Waals surface area (Å²) < 4.78 is 54.0. The molecule has 1 N–H and O–H groups in total. The molecule has 2 aromatic rings. The van der Waals surface area contributed by atoms with Gasteiger partial charge in [0.05, 0.1) is 6.54 Å². The van der Waals surface area contributed by atoms with Crippen LogP contribution in [0.2, 0.25) is 0 Å². The number of aryl methyl sites for hydroxylation is 1. The van der Waals surface area contributed by atoms with E-state index in [0.717, 1.165) is 33.8 Å². The molecule has 1 saturated heterocycles. The van der Waals surface area contributed by atoms with Crippen LogP contribution in [0.4, 0.5) is 14.5 Å². The fourth-order valence-corrected chi connectivity index (χ4v) is 4.62. The van der Waals surface area contributed by atoms with Crippen LogP contribution >= 0.6 is 0 Å². The summed E-state index contributed by atoms with van der Waals surface area (Å²) in [5, 5.41) is 2.83. The third-order valence-corrected chi connectivity index (χ3v) is 6.59. The van der Waals surface area contributed by atoms with Crippen LogP contribution in [0.3, 0.4) is 0 Å². The lowest BCUT2D eigenvalue weighted by Crippen LogP contribution is -2.50. The summed E-state index contributed by atoms with van der Waals surface area (Å²) in [5.74, 6) is -2.43. The van der Waals surface area contributed by atoms with Gasteiger partial charge in [-0.05, 0) is 30.7 Å². The standard InChI is InChI=1S/C19H21F2N3O3S/c1-14-5-2-3-8-17(14)22-18(25)13-23-9-11-24(12-10-23)28(26,27)19-15(20)6-4-7-16(19)21/h2-8H,9-13H2,1H3,(H,22,25). The molecule has 28 heavy (non-hydrogen) atoms. The van der Waals surface area contributed by atoms with Crippen LogP contribution in [0.15, 0.2) is 47.4 Å². The van der Waals surface area contributed by atoms with E-state index in [1.54, 1.807) is 11.0 Å². The SMILES string of the molecule is Cc1ccccc1NC(=O)CN1CCN(S(=O)(=O)c2c(F)cccc2F)CC1. The Hall–Kier alpha value is -2.36. The van der Waals surface area contributed by atoms with Gasteiger partial charge in [-0.1, -0.05) is 24.3 Å². The van der Waals surface area contributed by atoms with Gasteiger partial charge >= 0.3 is 0 Å². The quantitative estimate of drug-likeness (QED) is 0.822. The molecule has 0 unspecified atom stereocenters. The molecule has 0 radical (unpaired) electrons. The van der Waals surface area contributed by atoms with Gasteiger partial charge in [-0.25, -0.2) is 17.2 Å². The van der Waals surface area contributed by atoms with E-state index in [1.165, 1.54) is 0 Å². The molecular formula is C19H21F2N3O3S. The van der Waals surface area contributed by atoms with Crippen molar-refractivity contribution in [3.63, 3.8) is 0 Å². The lowest BCUT2D eigenvalue weighted by Gasteiger charge is -2.33. The first-order chi connectivity index (χ1) is 13.3. The summed E-state index contributed by atoms with van der Waals surface area (Å²) in [7, 11) is -4.27. The van der Waals surface area contributed by atoms with E-state index < -0.39 is 26.6 Å². The molecule has 1 fully saturated rings. The zero-order valence-electron chi connectivity index (χ0n) is 15.4. The van der Waals surface area contributed by atoms with Gasteiger partial charge in [0.15, 0.2) is 4.90 Å². The number of amides is 1. The molecule has 3 rings (SSSR count). The van der Waals surface area contributed by atoms with Crippen molar-refractivity contribution in [3.05, 3.63) is 59.7 Å². The topological polar surface area (TPSA) is 69.7 Å². The summed E-state index contributed by atoms with van der Waals surface area (Å²) in [6.07, 6.45) is 0. The van der Waals surface area contributed by atoms with Crippen molar-refractivity contribution in [2.75, 3.05) is 38.0 Å². The maximum Gasteiger partial charge on any atom is 0.249 e. The number of nitrogens with zero attached hydrogens (tertiary/aromatic N) is 2. The number of carbonyl (C=O) groups is 1. The van der Waals surface area contributed by atoms with E-state index in [1.807, 2.05) is 25.1 Å². The fraction of sp³-hybridized carbons (Fsp3) is 0.316. The number of rotatable bonds is 5. The highest BCUT2D eigenvalue weighted by molar-refractivity contribution is 7.89. The molecule has 1 amide bonds. The van der Waals surface area contributed by atoms with Gasteiger partial charge in [-0.15, -0.1) is 0 Å². The average molecular weight is 409 g/mol. The number of para-hydroxylation sites is 1. The van der Waals surface area contributed by atoms with Crippen molar-refractivity contribution in [1.29, 1.82) is 0 Å². The molecule has 0 bridgehead atoms. The van der Waals surface area contributed by atoms with Gasteiger partial charge < -0.3 is 5.32 Å². The minimum absolute atomic E-state index is 0.0494. The predicted molar refractivity (Wildman–Crippen MR) is 101 cm³/mol. The highest BCUT2D eigenvalue weighted by Gasteiger charge is 2.33. The monoisotopic (exact) mass is 409 g/mol. The smallest absolute Gasteiger partial charge is 0.249 e. The molecule has 0 aromatic heterocycles. The second-order valence-corrected chi connectivity index (χ2v) is 8.47. The largest absolute Gasteiger partial charge is 0.325 e. The van der Waals surface area contributed by atoms with Crippen LogP contribution in [-0.4, -0.2) is 56.3 Å². The highest BCUT2D eigenvalue weighted by atomic mass is 32.2. The molecule has 2 aromatic carbocycles. The van der Waals surface area contributed by atoms with E-state index in [4.69, 9.17) is 0 Å². The first-order valence-corrected chi connectivity index (χ1v) is 10.2. The molecule has 0 saturated carbocycles. The van der Waals surface area contributed by atoms with Gasteiger partial charge in [-0.3, -0.25) is 9.69 Å². The number of benzene rings is 2. The average Bonchev–Trinajstić information content (AvgIpc) is 2.64. The Morgan fingerprint density at radius 3 is 2.21 bits per heavy atom. The van der Waals surface area contributed by atoms with Crippen molar-refractivity contribution < 1.29 is 22.0 Å². The summed E-state index contributed by atoms with van der Waals surface area (Å²) in [6, 6.07) is 10.4. The Morgan fingerprint density at radius 1 is 1.00 bits per heavy atom. The lowest BCUT2D eigenvalue weighted by molar-refractivity contribution is -0.117. The maximum atomic E-state index is 13.9. The third-order valence-electron chi connectivity index (χ3n) is 4.63. The van der Waals surface area contributed by atoms with Crippen molar-refractivity contribution >= 4 is 21.6 Å². The molecule has 150 valence electrons. The minimum atomic E-state index is -4.27. The van der Waals surface area contributed by atoms with E-state index in [9.17, 15) is 22.0 Å². The summed E-state index contributed by atoms with van der Waals surface area (Å²) in [5.41, 5.74) is 1.67. The Labute approximate surface area is 162 Å². The van der Waals surface area contributed by atoms with Crippen molar-refractivity contribution in [3.8, 4) is 0 Å². The molecule has 6 nitrogen and oxygen atoms in total. The van der Waals surface area contributed by atoms with Crippen molar-refractivity contribution in [2.45, 2.75) is 11.8 Å². The number of sulfonamides is 1. The van der Waals surface area contributed by atoms with Gasteiger partial charge in [0.1, 0.15) is 11.6 Å². The minimum Gasteiger partial charge on any atom is -0.325 e. The normalized spacial score (nSPS) is 16.1. The fourth-order valence-electron chi connectivity index (χ4n) is 3.09. The summed E-state index contributed by atoms with van der Waals surface area (Å²) in [4.78, 5) is 13.1. The Morgan fingerprint density at radius 2 is 1.61 bits per heavy atom. The molecular weight excluding hydrogens is 388 g/mol. The van der Waals surface area contributed by atoms with Crippen molar-refractivity contribution in [2.24, 2.45) is 0 Å². The van der Waals surface area contributed by atoms with E-state index in [2.05, 4.69) is 5.32 Å². The van der Waals surface area contributed by atoms with E-state index >= 15 is 0 Å². The molecule has 1 heterocycles. The predicted octanol–water partition coefficient (Wildman–Crippen LogP) is 2.22. The van der Waals surface area contributed by atoms with E-state index in [0.29, 0.717) is 0 Å². The van der Waals surface area contributed by atoms with Gasteiger partial charge in [0.25, 0.3) is 0 Å². The Balaban J connectivity index is 1.60. The number of nitrogens with one attached hydrogen (secondary N) is 1. The Bertz CT molecular complexity index is 954. The lowest BCUT2D eigenvalue weighted by atomic mass is 10.2. The molecule has 0 spiro atoms. The second kappa shape index (κ2) is 8.34. The summed E-state index contributed by atoms with van der Waals surface area (Å²) in [6.45, 7) is 2.67. The number of hydrogen-bond donors (Lipinski definition) is 1. The van der Waals surface area contributed by atoms with Crippen LogP contribution in [0.5, 0.6) is 0 Å². The number of piperazine rings is 1. The first kappa shape index (κ1) is 20.4. The van der Waals surface area contributed by atoms with Crippen LogP contribution in [-0.2, 0) is 14.8 Å². The van der Waals surface area contributed by atoms with Crippen molar-refractivity contribution in [1.82, 2.24) is 9.21 Å². The number of hydrogen-bond acceptors (Lipinski definition) is 4. The highest BCUT2D eigenvalue weighted by Crippen LogP contribution is 2.23. The summed E-state index contributed by atoms with van der Waals surface area (Å²) >= 11 is 0. The third kappa shape index (κ3) is 4.37. The molecule has 0 atom stereocenters. The zero-order chi connectivity index (χ0) is 20.3. The zero-order valence-corrected chi connectivity index (χ0v) is 16.2. The van der Waals surface area contributed by atoms with Crippen LogP contribution in [0.1, 0.15) is 5.56 Å².